The zero-order valence-electron chi connectivity index (χ0n) is 12.0. The molecule has 1 aliphatic rings. The lowest BCUT2D eigenvalue weighted by Crippen LogP contribution is -2.00. The van der Waals surface area contributed by atoms with Crippen LogP contribution in [-0.2, 0) is 0 Å². The van der Waals surface area contributed by atoms with Crippen molar-refractivity contribution < 1.29 is 0 Å². The molecule has 0 spiro atoms. The van der Waals surface area contributed by atoms with Crippen LogP contribution in [0.25, 0.3) is 11.1 Å². The molecule has 0 saturated heterocycles. The van der Waals surface area contributed by atoms with E-state index in [0.29, 0.717) is 0 Å². The fourth-order valence-electron chi connectivity index (χ4n) is 2.77. The minimum absolute atomic E-state index is 0.847. The third kappa shape index (κ3) is 2.15. The van der Waals surface area contributed by atoms with Gasteiger partial charge in [0.15, 0.2) is 0 Å². The van der Waals surface area contributed by atoms with Gasteiger partial charge in [-0.05, 0) is 23.3 Å². The van der Waals surface area contributed by atoms with Crippen LogP contribution in [0.1, 0.15) is 11.1 Å². The molecule has 0 unspecified atom stereocenters. The van der Waals surface area contributed by atoms with Crippen LogP contribution in [0, 0.1) is 0 Å². The first-order chi connectivity index (χ1) is 10.9. The molecule has 22 heavy (non-hydrogen) atoms. The second-order valence-electron chi connectivity index (χ2n) is 5.17. The Bertz CT molecular complexity index is 870. The minimum atomic E-state index is 0.847. The van der Waals surface area contributed by atoms with E-state index in [1.165, 1.54) is 11.1 Å². The molecular formula is C20H14N2. The van der Waals surface area contributed by atoms with Crippen molar-refractivity contribution in [3.63, 3.8) is 0 Å². The van der Waals surface area contributed by atoms with E-state index in [1.54, 1.807) is 0 Å². The maximum Gasteiger partial charge on any atom is 0.101 e. The van der Waals surface area contributed by atoms with Crippen molar-refractivity contribution in [2.75, 3.05) is 0 Å². The molecule has 1 aliphatic carbocycles. The van der Waals surface area contributed by atoms with Gasteiger partial charge < -0.3 is 0 Å². The zero-order chi connectivity index (χ0) is 14.8. The summed E-state index contributed by atoms with van der Waals surface area (Å²) in [7, 11) is 0. The van der Waals surface area contributed by atoms with Crippen molar-refractivity contribution >= 4 is 5.71 Å². The summed E-state index contributed by atoms with van der Waals surface area (Å²) >= 11 is 0. The summed E-state index contributed by atoms with van der Waals surface area (Å²) in [5.41, 5.74) is 5.69. The first-order valence-corrected chi connectivity index (χ1v) is 7.30. The second-order valence-corrected chi connectivity index (χ2v) is 5.17. The van der Waals surface area contributed by atoms with Gasteiger partial charge in [0.05, 0.1) is 5.36 Å². The lowest BCUT2D eigenvalue weighted by molar-refractivity contribution is 1.14. The fourth-order valence-corrected chi connectivity index (χ4v) is 2.77. The van der Waals surface area contributed by atoms with E-state index in [9.17, 15) is 0 Å². The molecule has 3 aromatic carbocycles. The van der Waals surface area contributed by atoms with E-state index in [4.69, 9.17) is 0 Å². The van der Waals surface area contributed by atoms with E-state index >= 15 is 0 Å². The van der Waals surface area contributed by atoms with Gasteiger partial charge in [0, 0.05) is 11.1 Å². The highest BCUT2D eigenvalue weighted by Crippen LogP contribution is 2.36. The van der Waals surface area contributed by atoms with Crippen LogP contribution >= 0.6 is 0 Å². The van der Waals surface area contributed by atoms with Gasteiger partial charge in [-0.2, -0.15) is 5.10 Å². The number of benzene rings is 2. The molecule has 0 heterocycles. The highest BCUT2D eigenvalue weighted by atomic mass is 15.2. The second kappa shape index (κ2) is 5.41. The summed E-state index contributed by atoms with van der Waals surface area (Å²) in [5.74, 6) is 0. The Morgan fingerprint density at radius 1 is 0.409 bits per heavy atom. The molecule has 104 valence electrons. The molecule has 3 aromatic rings. The highest BCUT2D eigenvalue weighted by molar-refractivity contribution is 6.24. The van der Waals surface area contributed by atoms with Gasteiger partial charge in [0.25, 0.3) is 0 Å². The van der Waals surface area contributed by atoms with Crippen LogP contribution in [0.2, 0.25) is 0 Å². The number of fused-ring (bicyclic) bond motifs is 3. The van der Waals surface area contributed by atoms with Gasteiger partial charge in [0.2, 0.25) is 0 Å². The predicted octanol–water partition coefficient (Wildman–Crippen LogP) is 4.02. The Kier molecular flexibility index (Phi) is 3.13. The van der Waals surface area contributed by atoms with E-state index < -0.39 is 0 Å². The van der Waals surface area contributed by atoms with Gasteiger partial charge in [-0.1, -0.05) is 72.8 Å². The smallest absolute Gasteiger partial charge is 0.101 e. The summed E-state index contributed by atoms with van der Waals surface area (Å²) in [6.45, 7) is 0. The maximum absolute atomic E-state index is 4.55. The number of hydrogen-bond donors (Lipinski definition) is 0. The summed E-state index contributed by atoms with van der Waals surface area (Å²) < 4.78 is 0. The summed E-state index contributed by atoms with van der Waals surface area (Å²) in [6, 6.07) is 28.5. The molecule has 0 radical (unpaired) electrons. The third-order valence-electron chi connectivity index (χ3n) is 3.79. The molecule has 0 atom stereocenters. The van der Waals surface area contributed by atoms with Gasteiger partial charge in [-0.25, -0.2) is 0 Å². The molecule has 2 heteroatoms. The number of rotatable bonds is 1. The van der Waals surface area contributed by atoms with Crippen molar-refractivity contribution in [3.8, 4) is 11.1 Å². The van der Waals surface area contributed by atoms with Crippen LogP contribution in [0.3, 0.4) is 0 Å². The molecule has 0 N–H and O–H groups in total. The quantitative estimate of drug-likeness (QED) is 0.471. The lowest BCUT2D eigenvalue weighted by atomic mass is 10.1. The molecular weight excluding hydrogens is 268 g/mol. The molecule has 0 saturated carbocycles. The summed E-state index contributed by atoms with van der Waals surface area (Å²) in [6.07, 6.45) is 0. The van der Waals surface area contributed by atoms with E-state index in [2.05, 4.69) is 46.6 Å². The monoisotopic (exact) mass is 282 g/mol. The van der Waals surface area contributed by atoms with Crippen LogP contribution < -0.4 is 5.36 Å². The fraction of sp³-hybridized carbons (Fsp3) is 0. The van der Waals surface area contributed by atoms with Gasteiger partial charge in [-0.3, -0.25) is 0 Å². The number of hydrogen-bond acceptors (Lipinski definition) is 2. The van der Waals surface area contributed by atoms with Crippen molar-refractivity contribution in [3.05, 3.63) is 101 Å². The SMILES string of the molecule is c1cccc(=NN=C2c3ccccc3-c3ccccc32)cc1. The molecule has 0 fully saturated rings. The Balaban J connectivity index is 1.93. The van der Waals surface area contributed by atoms with Crippen LogP contribution in [-0.4, -0.2) is 5.71 Å². The summed E-state index contributed by atoms with van der Waals surface area (Å²) in [4.78, 5) is 0. The predicted molar refractivity (Wildman–Crippen MR) is 89.5 cm³/mol. The largest absolute Gasteiger partial charge is 0.151 e. The van der Waals surface area contributed by atoms with E-state index in [0.717, 1.165) is 22.2 Å². The van der Waals surface area contributed by atoms with Gasteiger partial charge in [-0.15, -0.1) is 5.10 Å². The first kappa shape index (κ1) is 12.7. The molecule has 2 nitrogen and oxygen atoms in total. The molecule has 0 bridgehead atoms. The molecule has 0 amide bonds. The molecule has 4 rings (SSSR count). The lowest BCUT2D eigenvalue weighted by Gasteiger charge is -1.97. The Morgan fingerprint density at radius 3 is 1.41 bits per heavy atom. The number of nitrogens with zero attached hydrogens (tertiary/aromatic N) is 2. The minimum Gasteiger partial charge on any atom is -0.151 e. The Labute approximate surface area is 129 Å². The standard InChI is InChI=1S/C20H14N2/c1-2-4-10-15(9-3-1)21-22-20-18-13-7-5-11-16(18)17-12-6-8-14-19(17)20/h1-14H. The van der Waals surface area contributed by atoms with Crippen molar-refractivity contribution in [2.45, 2.75) is 0 Å². The Morgan fingerprint density at radius 2 is 0.864 bits per heavy atom. The van der Waals surface area contributed by atoms with Crippen LogP contribution in [0.5, 0.6) is 0 Å². The van der Waals surface area contributed by atoms with E-state index in [1.807, 2.05) is 48.5 Å². The normalized spacial score (nSPS) is 11.5. The van der Waals surface area contributed by atoms with Crippen molar-refractivity contribution in [1.29, 1.82) is 0 Å². The van der Waals surface area contributed by atoms with Crippen LogP contribution in [0.4, 0.5) is 0 Å². The highest BCUT2D eigenvalue weighted by Gasteiger charge is 2.23. The van der Waals surface area contributed by atoms with Crippen molar-refractivity contribution in [1.82, 2.24) is 0 Å². The van der Waals surface area contributed by atoms with Gasteiger partial charge in [0.1, 0.15) is 5.71 Å². The van der Waals surface area contributed by atoms with Crippen LogP contribution in [0.15, 0.2) is 95.1 Å². The average Bonchev–Trinajstić information content (AvgIpc) is 2.72. The molecule has 0 aromatic heterocycles. The summed E-state index contributed by atoms with van der Waals surface area (Å²) in [5, 5.41) is 9.81. The Hall–Kier alpha value is -3.00. The first-order valence-electron chi connectivity index (χ1n) is 7.30. The maximum atomic E-state index is 4.55. The average molecular weight is 282 g/mol. The molecule has 0 aliphatic heterocycles. The van der Waals surface area contributed by atoms with Gasteiger partial charge >= 0.3 is 0 Å². The van der Waals surface area contributed by atoms with Crippen molar-refractivity contribution in [2.24, 2.45) is 10.2 Å². The third-order valence-corrected chi connectivity index (χ3v) is 3.79. The topological polar surface area (TPSA) is 24.7 Å². The zero-order valence-corrected chi connectivity index (χ0v) is 12.0. The van der Waals surface area contributed by atoms with E-state index in [-0.39, 0.29) is 0 Å².